The Morgan fingerprint density at radius 1 is 0.950 bits per heavy atom. The summed E-state index contributed by atoms with van der Waals surface area (Å²) in [6, 6.07) is 16.8. The summed E-state index contributed by atoms with van der Waals surface area (Å²) in [5, 5.41) is 20.3. The summed E-state index contributed by atoms with van der Waals surface area (Å²) in [6.07, 6.45) is 0. The number of rotatable bonds is 1. The minimum atomic E-state index is -0.313. The highest BCUT2D eigenvalue weighted by Gasteiger charge is 2.07. The van der Waals surface area contributed by atoms with Crippen molar-refractivity contribution in [3.05, 3.63) is 66.0 Å². The summed E-state index contributed by atoms with van der Waals surface area (Å²) in [5.74, 6) is -0.195. The third-order valence-electron chi connectivity index (χ3n) is 3.22. The lowest BCUT2D eigenvalue weighted by atomic mass is 9.97. The average molecular weight is 263 g/mol. The van der Waals surface area contributed by atoms with Crippen molar-refractivity contribution in [1.82, 2.24) is 0 Å². The van der Waals surface area contributed by atoms with Gasteiger partial charge in [0.1, 0.15) is 11.6 Å². The van der Waals surface area contributed by atoms with Crippen LogP contribution in [0.4, 0.5) is 4.39 Å². The van der Waals surface area contributed by atoms with Gasteiger partial charge in [0.05, 0.1) is 11.6 Å². The minimum absolute atomic E-state index is 0.118. The lowest BCUT2D eigenvalue weighted by molar-refractivity contribution is 0.476. The zero-order valence-corrected chi connectivity index (χ0v) is 10.5. The van der Waals surface area contributed by atoms with Gasteiger partial charge in [-0.15, -0.1) is 0 Å². The van der Waals surface area contributed by atoms with E-state index in [-0.39, 0.29) is 11.6 Å². The van der Waals surface area contributed by atoms with Crippen LogP contribution < -0.4 is 0 Å². The first-order chi connectivity index (χ1) is 9.67. The number of phenols is 1. The number of nitriles is 1. The fourth-order valence-electron chi connectivity index (χ4n) is 2.27. The van der Waals surface area contributed by atoms with E-state index in [1.54, 1.807) is 36.4 Å². The average Bonchev–Trinajstić information content (AvgIpc) is 2.46. The van der Waals surface area contributed by atoms with Crippen molar-refractivity contribution in [2.75, 3.05) is 0 Å². The van der Waals surface area contributed by atoms with Gasteiger partial charge in [0.25, 0.3) is 0 Å². The van der Waals surface area contributed by atoms with Gasteiger partial charge in [0, 0.05) is 5.39 Å². The molecule has 3 heteroatoms. The smallest absolute Gasteiger partial charge is 0.123 e. The van der Waals surface area contributed by atoms with E-state index in [1.807, 2.05) is 6.07 Å². The second-order valence-electron chi connectivity index (χ2n) is 4.55. The molecule has 0 radical (unpaired) electrons. The van der Waals surface area contributed by atoms with E-state index in [1.165, 1.54) is 12.1 Å². The maximum Gasteiger partial charge on any atom is 0.123 e. The molecular formula is C17H10FNO. The van der Waals surface area contributed by atoms with Crippen LogP contribution in [0.25, 0.3) is 21.9 Å². The van der Waals surface area contributed by atoms with Crippen molar-refractivity contribution in [2.45, 2.75) is 0 Å². The van der Waals surface area contributed by atoms with Gasteiger partial charge in [-0.1, -0.05) is 18.2 Å². The second-order valence-corrected chi connectivity index (χ2v) is 4.55. The van der Waals surface area contributed by atoms with Gasteiger partial charge in [-0.2, -0.15) is 5.26 Å². The number of benzene rings is 3. The van der Waals surface area contributed by atoms with Gasteiger partial charge < -0.3 is 5.11 Å². The molecule has 0 fully saturated rings. The van der Waals surface area contributed by atoms with Crippen LogP contribution >= 0.6 is 0 Å². The standard InChI is InChI=1S/C17H10FNO/c18-15-3-1-2-11(8-15)13-6-12-4-5-16(20)9-17(12)14(7-13)10-19/h1-9,20H. The van der Waals surface area contributed by atoms with Crippen molar-refractivity contribution in [2.24, 2.45) is 0 Å². The summed E-state index contributed by atoms with van der Waals surface area (Å²) in [5.41, 5.74) is 1.95. The molecule has 3 rings (SSSR count). The summed E-state index contributed by atoms with van der Waals surface area (Å²) in [7, 11) is 0. The topological polar surface area (TPSA) is 44.0 Å². The van der Waals surface area contributed by atoms with Crippen LogP contribution in [0.2, 0.25) is 0 Å². The molecule has 0 spiro atoms. The minimum Gasteiger partial charge on any atom is -0.508 e. The van der Waals surface area contributed by atoms with E-state index in [2.05, 4.69) is 6.07 Å². The molecule has 3 aromatic carbocycles. The Hall–Kier alpha value is -2.86. The highest BCUT2D eigenvalue weighted by molar-refractivity contribution is 5.93. The van der Waals surface area contributed by atoms with Gasteiger partial charge in [-0.05, 0) is 52.9 Å². The molecule has 20 heavy (non-hydrogen) atoms. The molecule has 0 saturated carbocycles. The van der Waals surface area contributed by atoms with E-state index in [0.717, 1.165) is 16.5 Å². The molecule has 0 atom stereocenters. The van der Waals surface area contributed by atoms with Crippen LogP contribution in [0.3, 0.4) is 0 Å². The second kappa shape index (κ2) is 4.67. The largest absolute Gasteiger partial charge is 0.508 e. The Morgan fingerprint density at radius 3 is 2.55 bits per heavy atom. The van der Waals surface area contributed by atoms with Gasteiger partial charge in [-0.3, -0.25) is 0 Å². The number of nitrogens with zero attached hydrogens (tertiary/aromatic N) is 1. The predicted molar refractivity (Wildman–Crippen MR) is 75.7 cm³/mol. The van der Waals surface area contributed by atoms with Crippen molar-refractivity contribution >= 4 is 10.8 Å². The first-order valence-corrected chi connectivity index (χ1v) is 6.10. The Kier molecular flexibility index (Phi) is 2.85. The normalized spacial score (nSPS) is 10.4. The Bertz CT molecular complexity index is 849. The fourth-order valence-corrected chi connectivity index (χ4v) is 2.27. The molecule has 0 unspecified atom stereocenters. The van der Waals surface area contributed by atoms with E-state index in [4.69, 9.17) is 0 Å². The lowest BCUT2D eigenvalue weighted by Gasteiger charge is -2.07. The molecule has 0 aliphatic rings. The molecule has 2 nitrogen and oxygen atoms in total. The third kappa shape index (κ3) is 2.08. The molecule has 0 heterocycles. The first-order valence-electron chi connectivity index (χ1n) is 6.10. The molecule has 0 bridgehead atoms. The SMILES string of the molecule is N#Cc1cc(-c2cccc(F)c2)cc2ccc(O)cc12. The van der Waals surface area contributed by atoms with Crippen molar-refractivity contribution < 1.29 is 9.50 Å². The Balaban J connectivity index is 2.29. The van der Waals surface area contributed by atoms with Crippen LogP contribution in [-0.2, 0) is 0 Å². The van der Waals surface area contributed by atoms with Gasteiger partial charge >= 0.3 is 0 Å². The Labute approximate surface area is 115 Å². The molecule has 3 aromatic rings. The zero-order valence-electron chi connectivity index (χ0n) is 10.5. The molecular weight excluding hydrogens is 253 g/mol. The van der Waals surface area contributed by atoms with Crippen LogP contribution in [0.1, 0.15) is 5.56 Å². The highest BCUT2D eigenvalue weighted by atomic mass is 19.1. The molecule has 0 aliphatic carbocycles. The van der Waals surface area contributed by atoms with Crippen molar-refractivity contribution in [1.29, 1.82) is 5.26 Å². The zero-order chi connectivity index (χ0) is 14.1. The Morgan fingerprint density at radius 2 is 1.80 bits per heavy atom. The van der Waals surface area contributed by atoms with Gasteiger partial charge in [-0.25, -0.2) is 4.39 Å². The van der Waals surface area contributed by atoms with Crippen molar-refractivity contribution in [3.8, 4) is 22.9 Å². The maximum absolute atomic E-state index is 13.3. The van der Waals surface area contributed by atoms with Gasteiger partial charge in [0.15, 0.2) is 0 Å². The summed E-state index contributed by atoms with van der Waals surface area (Å²) in [4.78, 5) is 0. The molecule has 0 aliphatic heterocycles. The third-order valence-corrected chi connectivity index (χ3v) is 3.22. The highest BCUT2D eigenvalue weighted by Crippen LogP contribution is 2.29. The maximum atomic E-state index is 13.3. The van der Waals surface area contributed by atoms with Crippen LogP contribution in [0.5, 0.6) is 5.75 Å². The van der Waals surface area contributed by atoms with Crippen molar-refractivity contribution in [3.63, 3.8) is 0 Å². The van der Waals surface area contributed by atoms with Crippen LogP contribution in [0.15, 0.2) is 54.6 Å². The molecule has 0 aromatic heterocycles. The summed E-state index contributed by atoms with van der Waals surface area (Å²) in [6.45, 7) is 0. The quantitative estimate of drug-likeness (QED) is 0.714. The monoisotopic (exact) mass is 263 g/mol. The van der Waals surface area contributed by atoms with E-state index in [9.17, 15) is 14.8 Å². The summed E-state index contributed by atoms with van der Waals surface area (Å²) < 4.78 is 13.3. The number of hydrogen-bond donors (Lipinski definition) is 1. The predicted octanol–water partition coefficient (Wildman–Crippen LogP) is 4.22. The molecule has 0 amide bonds. The van der Waals surface area contributed by atoms with Crippen LogP contribution in [-0.4, -0.2) is 5.11 Å². The first kappa shape index (κ1) is 12.2. The number of hydrogen-bond acceptors (Lipinski definition) is 2. The van der Waals surface area contributed by atoms with Crippen LogP contribution in [0, 0.1) is 17.1 Å². The lowest BCUT2D eigenvalue weighted by Crippen LogP contribution is -1.85. The van der Waals surface area contributed by atoms with Gasteiger partial charge in [0.2, 0.25) is 0 Å². The molecule has 96 valence electrons. The number of halogens is 1. The molecule has 0 saturated heterocycles. The number of aromatic hydroxyl groups is 1. The van der Waals surface area contributed by atoms with E-state index in [0.29, 0.717) is 10.9 Å². The van der Waals surface area contributed by atoms with E-state index < -0.39 is 0 Å². The number of fused-ring (bicyclic) bond motifs is 1. The van der Waals surface area contributed by atoms with E-state index >= 15 is 0 Å². The molecule has 1 N–H and O–H groups in total. The fraction of sp³-hybridized carbons (Fsp3) is 0. The summed E-state index contributed by atoms with van der Waals surface area (Å²) >= 11 is 0. The number of phenolic OH excluding ortho intramolecular Hbond substituents is 1.